The van der Waals surface area contributed by atoms with Crippen molar-refractivity contribution in [1.29, 1.82) is 5.26 Å². The van der Waals surface area contributed by atoms with Crippen LogP contribution in [-0.2, 0) is 0 Å². The molecule has 7 heteroatoms. The first kappa shape index (κ1) is 17.5. The van der Waals surface area contributed by atoms with Gasteiger partial charge in [-0.2, -0.15) is 15.5 Å². The Balaban J connectivity index is 1.69. The van der Waals surface area contributed by atoms with Gasteiger partial charge in [0.25, 0.3) is 0 Å². The van der Waals surface area contributed by atoms with Crippen molar-refractivity contribution >= 4 is 10.9 Å². The number of hydrogen-bond donors (Lipinski definition) is 0. The maximum absolute atomic E-state index is 12.7. The van der Waals surface area contributed by atoms with Gasteiger partial charge in [0.05, 0.1) is 40.4 Å². The van der Waals surface area contributed by atoms with Crippen LogP contribution in [0.1, 0.15) is 5.56 Å². The molecule has 142 valence electrons. The summed E-state index contributed by atoms with van der Waals surface area (Å²) in [6.07, 6.45) is 4.94. The molecule has 0 spiro atoms. The molecule has 0 saturated carbocycles. The number of fused-ring (bicyclic) bond motifs is 1. The van der Waals surface area contributed by atoms with Crippen LogP contribution in [0.3, 0.4) is 0 Å². The quantitative estimate of drug-likeness (QED) is 0.470. The predicted molar refractivity (Wildman–Crippen MR) is 112 cm³/mol. The number of nitriles is 1. The third-order valence-corrected chi connectivity index (χ3v) is 4.79. The van der Waals surface area contributed by atoms with Gasteiger partial charge in [-0.05, 0) is 36.4 Å². The molecule has 0 aliphatic rings. The van der Waals surface area contributed by atoms with Gasteiger partial charge in [-0.15, -0.1) is 0 Å². The monoisotopic (exact) mass is 390 g/mol. The van der Waals surface area contributed by atoms with E-state index in [-0.39, 0.29) is 11.1 Å². The summed E-state index contributed by atoms with van der Waals surface area (Å²) in [5, 5.41) is 19.1. The molecule has 0 amide bonds. The van der Waals surface area contributed by atoms with Crippen LogP contribution in [0.5, 0.6) is 0 Å². The average Bonchev–Trinajstić information content (AvgIpc) is 3.28. The second-order valence-corrected chi connectivity index (χ2v) is 6.61. The first-order valence-corrected chi connectivity index (χ1v) is 9.24. The third kappa shape index (κ3) is 2.93. The molecule has 30 heavy (non-hydrogen) atoms. The molecule has 5 aromatic rings. The minimum Gasteiger partial charge on any atom is -0.287 e. The summed E-state index contributed by atoms with van der Waals surface area (Å²) in [4.78, 5) is 17.1. The number of aromatic nitrogens is 5. The standard InChI is InChI=1S/C23H14N6O/c24-15-16-4-3-5-17(14-16)28-13-10-22(30)23(27-28)21-9-12-26-29(21)20-8-11-25-19-7-2-1-6-18(19)20/h1-14H. The zero-order chi connectivity index (χ0) is 20.5. The molecule has 3 aromatic heterocycles. The fourth-order valence-electron chi connectivity index (χ4n) is 3.39. The zero-order valence-electron chi connectivity index (χ0n) is 15.7. The molecule has 0 unspecified atom stereocenters. The summed E-state index contributed by atoms with van der Waals surface area (Å²) in [6, 6.07) is 22.0. The van der Waals surface area contributed by atoms with Crippen molar-refractivity contribution in [3.63, 3.8) is 0 Å². The predicted octanol–water partition coefficient (Wildman–Crippen LogP) is 3.51. The molecule has 0 atom stereocenters. The number of pyridine rings is 1. The van der Waals surface area contributed by atoms with Crippen molar-refractivity contribution in [2.45, 2.75) is 0 Å². The molecular weight excluding hydrogens is 376 g/mol. The maximum atomic E-state index is 12.7. The van der Waals surface area contributed by atoms with E-state index in [1.807, 2.05) is 36.4 Å². The van der Waals surface area contributed by atoms with Gasteiger partial charge in [0.15, 0.2) is 5.69 Å². The lowest BCUT2D eigenvalue weighted by Gasteiger charge is -2.11. The number of nitrogens with zero attached hydrogens (tertiary/aromatic N) is 6. The molecule has 0 bridgehead atoms. The van der Waals surface area contributed by atoms with Gasteiger partial charge in [-0.1, -0.05) is 24.3 Å². The fourth-order valence-corrected chi connectivity index (χ4v) is 3.39. The Bertz CT molecular complexity index is 1490. The largest absolute Gasteiger partial charge is 0.287 e. The van der Waals surface area contributed by atoms with Gasteiger partial charge in [-0.3, -0.25) is 9.78 Å². The minimum atomic E-state index is -0.220. The summed E-state index contributed by atoms with van der Waals surface area (Å²) >= 11 is 0. The Morgan fingerprint density at radius 2 is 1.83 bits per heavy atom. The van der Waals surface area contributed by atoms with E-state index >= 15 is 0 Å². The summed E-state index contributed by atoms with van der Waals surface area (Å²) in [5.41, 5.74) is 3.47. The second-order valence-electron chi connectivity index (χ2n) is 6.61. The van der Waals surface area contributed by atoms with Gasteiger partial charge >= 0.3 is 0 Å². The van der Waals surface area contributed by atoms with E-state index in [9.17, 15) is 4.79 Å². The van der Waals surface area contributed by atoms with Crippen LogP contribution >= 0.6 is 0 Å². The van der Waals surface area contributed by atoms with Crippen LogP contribution in [0, 0.1) is 11.3 Å². The third-order valence-electron chi connectivity index (χ3n) is 4.79. The highest BCUT2D eigenvalue weighted by molar-refractivity contribution is 5.87. The highest BCUT2D eigenvalue weighted by Gasteiger charge is 2.15. The summed E-state index contributed by atoms with van der Waals surface area (Å²) in [6.45, 7) is 0. The Labute approximate surface area is 171 Å². The highest BCUT2D eigenvalue weighted by Crippen LogP contribution is 2.24. The molecule has 0 N–H and O–H groups in total. The molecule has 5 rings (SSSR count). The first-order valence-electron chi connectivity index (χ1n) is 9.24. The number of benzene rings is 2. The smallest absolute Gasteiger partial charge is 0.209 e. The van der Waals surface area contributed by atoms with Crippen molar-refractivity contribution < 1.29 is 0 Å². The van der Waals surface area contributed by atoms with E-state index in [0.717, 1.165) is 16.6 Å². The molecule has 0 radical (unpaired) electrons. The fraction of sp³-hybridized carbons (Fsp3) is 0. The average molecular weight is 390 g/mol. The van der Waals surface area contributed by atoms with Gasteiger partial charge in [0.2, 0.25) is 5.43 Å². The molecule has 3 heterocycles. The topological polar surface area (TPSA) is 89.4 Å². The van der Waals surface area contributed by atoms with Crippen molar-refractivity contribution in [2.75, 3.05) is 0 Å². The van der Waals surface area contributed by atoms with Gasteiger partial charge in [0.1, 0.15) is 0 Å². The van der Waals surface area contributed by atoms with Gasteiger partial charge in [0, 0.05) is 23.8 Å². The molecular formula is C23H14N6O. The van der Waals surface area contributed by atoms with E-state index in [1.54, 1.807) is 52.2 Å². The normalized spacial score (nSPS) is 10.8. The van der Waals surface area contributed by atoms with Crippen molar-refractivity contribution in [1.82, 2.24) is 24.5 Å². The van der Waals surface area contributed by atoms with Gasteiger partial charge < -0.3 is 0 Å². The van der Waals surface area contributed by atoms with Crippen molar-refractivity contribution in [3.8, 4) is 28.8 Å². The maximum Gasteiger partial charge on any atom is 0.209 e. The van der Waals surface area contributed by atoms with E-state index in [1.165, 1.54) is 6.07 Å². The second kappa shape index (κ2) is 7.11. The summed E-state index contributed by atoms with van der Waals surface area (Å²) in [7, 11) is 0. The van der Waals surface area contributed by atoms with E-state index in [2.05, 4.69) is 21.3 Å². The van der Waals surface area contributed by atoms with Crippen molar-refractivity contribution in [2.24, 2.45) is 0 Å². The Hall–Kier alpha value is -4.57. The van der Waals surface area contributed by atoms with E-state index < -0.39 is 0 Å². The number of rotatable bonds is 3. The van der Waals surface area contributed by atoms with Crippen LogP contribution in [0.4, 0.5) is 0 Å². The molecule has 0 aliphatic carbocycles. The first-order chi connectivity index (χ1) is 14.7. The Morgan fingerprint density at radius 1 is 0.933 bits per heavy atom. The number of para-hydroxylation sites is 1. The zero-order valence-corrected chi connectivity index (χ0v) is 15.7. The molecule has 7 nitrogen and oxygen atoms in total. The van der Waals surface area contributed by atoms with Gasteiger partial charge in [-0.25, -0.2) is 9.36 Å². The van der Waals surface area contributed by atoms with Crippen LogP contribution < -0.4 is 5.43 Å². The Kier molecular flexibility index (Phi) is 4.15. The van der Waals surface area contributed by atoms with Crippen LogP contribution in [-0.4, -0.2) is 24.5 Å². The SMILES string of the molecule is N#Cc1cccc(-n2ccc(=O)c(-c3ccnn3-c3ccnc4ccccc34)n2)c1. The summed E-state index contributed by atoms with van der Waals surface area (Å²) < 4.78 is 3.28. The van der Waals surface area contributed by atoms with Crippen LogP contribution in [0.15, 0.2) is 90.1 Å². The molecule has 0 fully saturated rings. The summed E-state index contributed by atoms with van der Waals surface area (Å²) in [5.74, 6) is 0. The number of hydrogen-bond acceptors (Lipinski definition) is 5. The lowest BCUT2D eigenvalue weighted by Crippen LogP contribution is -2.15. The lowest BCUT2D eigenvalue weighted by molar-refractivity contribution is 0.824. The van der Waals surface area contributed by atoms with Crippen molar-refractivity contribution in [3.05, 3.63) is 101 Å². The minimum absolute atomic E-state index is 0.220. The highest BCUT2D eigenvalue weighted by atomic mass is 16.1. The molecule has 2 aromatic carbocycles. The van der Waals surface area contributed by atoms with E-state index in [0.29, 0.717) is 16.9 Å². The van der Waals surface area contributed by atoms with E-state index in [4.69, 9.17) is 5.26 Å². The molecule has 0 aliphatic heterocycles. The van der Waals surface area contributed by atoms with Crippen LogP contribution in [0.2, 0.25) is 0 Å². The lowest BCUT2D eigenvalue weighted by atomic mass is 10.2. The Morgan fingerprint density at radius 3 is 2.73 bits per heavy atom. The molecule has 0 saturated heterocycles. The van der Waals surface area contributed by atoms with Crippen LogP contribution in [0.25, 0.3) is 33.7 Å².